The highest BCUT2D eigenvalue weighted by Crippen LogP contribution is 2.38. The third kappa shape index (κ3) is 6.59. The molecule has 0 fully saturated rings. The van der Waals surface area contributed by atoms with Crippen molar-refractivity contribution in [2.24, 2.45) is 0 Å². The highest BCUT2D eigenvalue weighted by atomic mass is 32.2. The van der Waals surface area contributed by atoms with Crippen molar-refractivity contribution in [3.8, 4) is 11.8 Å². The van der Waals surface area contributed by atoms with Crippen molar-refractivity contribution in [3.05, 3.63) is 46.6 Å². The Labute approximate surface area is 186 Å². The van der Waals surface area contributed by atoms with E-state index in [-0.39, 0.29) is 15.5 Å². The molecule has 0 aliphatic heterocycles. The first-order valence-electron chi connectivity index (χ1n) is 9.62. The Bertz CT molecular complexity index is 1100. The minimum atomic E-state index is -4.70. The highest BCUT2D eigenvalue weighted by molar-refractivity contribution is 7.91. The Hall–Kier alpha value is -1.80. The molecule has 12 heteroatoms. The second kappa shape index (κ2) is 10.2. The number of nitriles is 1. The average molecular weight is 490 g/mol. The lowest BCUT2D eigenvalue weighted by atomic mass is 10.2. The number of quaternary nitrogens is 1. The summed E-state index contributed by atoms with van der Waals surface area (Å²) in [6, 6.07) is 7.73. The van der Waals surface area contributed by atoms with Crippen LogP contribution in [0.25, 0.3) is 0 Å². The minimum Gasteiger partial charge on any atom is -0.768 e. The first-order chi connectivity index (χ1) is 14.5. The molecule has 31 heavy (non-hydrogen) atoms. The number of nitrogens with one attached hydrogen (secondary N) is 1. The second-order valence-electron chi connectivity index (χ2n) is 6.93. The maximum Gasteiger partial charge on any atom is 0.250 e. The van der Waals surface area contributed by atoms with E-state index in [9.17, 15) is 22.3 Å². The lowest BCUT2D eigenvalue weighted by Gasteiger charge is -2.35. The van der Waals surface area contributed by atoms with Gasteiger partial charge in [0.15, 0.2) is 7.60 Å². The molecule has 0 saturated carbocycles. The van der Waals surface area contributed by atoms with E-state index in [1.165, 1.54) is 6.07 Å². The van der Waals surface area contributed by atoms with Gasteiger partial charge in [-0.05, 0) is 45.0 Å². The Kier molecular flexibility index (Phi) is 8.39. The van der Waals surface area contributed by atoms with Crippen molar-refractivity contribution in [2.45, 2.75) is 31.5 Å². The van der Waals surface area contributed by atoms with Gasteiger partial charge in [-0.25, -0.2) is 17.5 Å². The third-order valence-corrected chi connectivity index (χ3v) is 9.37. The zero-order chi connectivity index (χ0) is 23.3. The fourth-order valence-electron chi connectivity index (χ4n) is 3.00. The predicted octanol–water partition coefficient (Wildman–Crippen LogP) is 3.00. The third-order valence-electron chi connectivity index (χ3n) is 5.16. The smallest absolute Gasteiger partial charge is 0.250 e. The quantitative estimate of drug-likeness (QED) is 0.383. The van der Waals surface area contributed by atoms with Crippen LogP contribution in [0.1, 0.15) is 31.2 Å². The molecule has 0 saturated heterocycles. The zero-order valence-electron chi connectivity index (χ0n) is 17.5. The van der Waals surface area contributed by atoms with E-state index in [4.69, 9.17) is 9.79 Å². The van der Waals surface area contributed by atoms with Gasteiger partial charge >= 0.3 is 0 Å². The first kappa shape index (κ1) is 25.5. The molecule has 1 aromatic carbocycles. The fourth-order valence-corrected chi connectivity index (χ4v) is 7.00. The number of halogens is 1. The topological polar surface area (TPSA) is 119 Å². The molecule has 0 spiro atoms. The molecule has 1 unspecified atom stereocenters. The number of hydrogen-bond donors (Lipinski definition) is 1. The minimum absolute atomic E-state index is 0.00771. The summed E-state index contributed by atoms with van der Waals surface area (Å²) >= 11 is 1.09. The molecule has 0 bridgehead atoms. The van der Waals surface area contributed by atoms with Gasteiger partial charge in [-0.3, -0.25) is 4.57 Å². The Balaban J connectivity index is 2.07. The average Bonchev–Trinajstić information content (AvgIpc) is 3.20. The van der Waals surface area contributed by atoms with Crippen molar-refractivity contribution in [2.75, 3.05) is 25.9 Å². The molecular weight excluding hydrogens is 464 g/mol. The maximum atomic E-state index is 13.6. The first-order valence-corrected chi connectivity index (χ1v) is 13.7. The molecule has 1 heterocycles. The lowest BCUT2D eigenvalue weighted by molar-refractivity contribution is -0.935. The van der Waals surface area contributed by atoms with Crippen LogP contribution in [0.3, 0.4) is 0 Å². The molecule has 0 aliphatic rings. The van der Waals surface area contributed by atoms with Crippen LogP contribution in [0.4, 0.5) is 4.39 Å². The summed E-state index contributed by atoms with van der Waals surface area (Å²) in [4.78, 5) is 13.0. The van der Waals surface area contributed by atoms with Gasteiger partial charge in [0.25, 0.3) is 10.0 Å². The van der Waals surface area contributed by atoms with Gasteiger partial charge in [-0.2, -0.15) is 5.26 Å². The van der Waals surface area contributed by atoms with Gasteiger partial charge in [0.2, 0.25) is 0 Å². The van der Waals surface area contributed by atoms with E-state index in [0.717, 1.165) is 58.5 Å². The molecule has 2 rings (SSSR count). The molecule has 1 N–H and O–H groups in total. The van der Waals surface area contributed by atoms with Crippen molar-refractivity contribution < 1.29 is 31.3 Å². The summed E-state index contributed by atoms with van der Waals surface area (Å²) < 4.78 is 58.4. The number of rotatable bonds is 11. The van der Waals surface area contributed by atoms with Crippen molar-refractivity contribution in [1.82, 2.24) is 4.72 Å². The van der Waals surface area contributed by atoms with Gasteiger partial charge in [0, 0.05) is 6.07 Å². The van der Waals surface area contributed by atoms with Gasteiger partial charge < -0.3 is 13.9 Å². The van der Waals surface area contributed by atoms with Gasteiger partial charge in [-0.1, -0.05) is 0 Å². The van der Waals surface area contributed by atoms with E-state index >= 15 is 0 Å². The number of hydrogen-bond acceptors (Lipinski definition) is 7. The molecule has 170 valence electrons. The maximum absolute atomic E-state index is 13.6. The molecule has 0 aliphatic carbocycles. The molecule has 0 radical (unpaired) electrons. The van der Waals surface area contributed by atoms with E-state index in [0.29, 0.717) is 6.54 Å². The van der Waals surface area contributed by atoms with Crippen LogP contribution in [0.5, 0.6) is 5.75 Å². The standard InChI is InChI=1S/C19H25FN3O5PS2/c1-4-23(5-2,6-3)13-17-9-10-19(30-17)31(26,27)22-14-29(24,25)28-16-8-7-15(12-21)18(20)11-16/h7-11,22H,4-6,13-14H2,1-3H3. The number of thiophene rings is 1. The summed E-state index contributed by atoms with van der Waals surface area (Å²) in [5.74, 6) is -1.28. The van der Waals surface area contributed by atoms with E-state index in [1.54, 1.807) is 12.1 Å². The Morgan fingerprint density at radius 3 is 2.42 bits per heavy atom. The van der Waals surface area contributed by atoms with Crippen LogP contribution in [-0.2, 0) is 21.1 Å². The molecule has 1 aromatic heterocycles. The van der Waals surface area contributed by atoms with Crippen LogP contribution in [-0.4, -0.2) is 38.8 Å². The highest BCUT2D eigenvalue weighted by Gasteiger charge is 2.25. The van der Waals surface area contributed by atoms with Crippen LogP contribution in [0, 0.1) is 17.1 Å². The molecule has 1 atom stereocenters. The molecule has 0 amide bonds. The molecule has 8 nitrogen and oxygen atoms in total. The van der Waals surface area contributed by atoms with E-state index < -0.39 is 29.7 Å². The summed E-state index contributed by atoms with van der Waals surface area (Å²) in [6.07, 6.45) is -0.997. The summed E-state index contributed by atoms with van der Waals surface area (Å²) in [5.41, 5.74) is -0.265. The Morgan fingerprint density at radius 1 is 1.23 bits per heavy atom. The molecule has 2 aromatic rings. The normalized spacial score (nSPS) is 14.1. The number of nitrogens with zero attached hydrogens (tertiary/aromatic N) is 2. The zero-order valence-corrected chi connectivity index (χ0v) is 20.0. The van der Waals surface area contributed by atoms with Crippen molar-refractivity contribution in [3.63, 3.8) is 0 Å². The van der Waals surface area contributed by atoms with Gasteiger partial charge in [0.1, 0.15) is 28.4 Å². The Morgan fingerprint density at radius 2 is 1.87 bits per heavy atom. The number of sulfonamides is 1. The lowest BCUT2D eigenvalue weighted by Crippen LogP contribution is -2.46. The van der Waals surface area contributed by atoms with Crippen LogP contribution >= 0.6 is 18.9 Å². The monoisotopic (exact) mass is 489 g/mol. The van der Waals surface area contributed by atoms with Crippen LogP contribution in [0.2, 0.25) is 0 Å². The second-order valence-corrected chi connectivity index (χ2v) is 11.8. The summed E-state index contributed by atoms with van der Waals surface area (Å²) in [5, 5.41) is 8.71. The largest absolute Gasteiger partial charge is 0.768 e. The van der Waals surface area contributed by atoms with Crippen molar-refractivity contribution in [1.29, 1.82) is 5.26 Å². The van der Waals surface area contributed by atoms with Crippen LogP contribution in [0.15, 0.2) is 34.5 Å². The van der Waals surface area contributed by atoms with Crippen molar-refractivity contribution >= 4 is 29.0 Å². The SMILES string of the molecule is CC[N+](CC)(CC)Cc1ccc(S(=O)(=O)NCP(=O)([O-])Oc2ccc(C#N)c(F)c2)s1. The van der Waals surface area contributed by atoms with E-state index in [1.807, 2.05) is 4.72 Å². The van der Waals surface area contributed by atoms with E-state index in [2.05, 4.69) is 20.8 Å². The van der Waals surface area contributed by atoms with Gasteiger partial charge in [-0.15, -0.1) is 11.3 Å². The fraction of sp³-hybridized carbons (Fsp3) is 0.421. The predicted molar refractivity (Wildman–Crippen MR) is 114 cm³/mol. The summed E-state index contributed by atoms with van der Waals surface area (Å²) in [6.45, 7) is 9.70. The van der Waals surface area contributed by atoms with Gasteiger partial charge in [0.05, 0.1) is 36.4 Å². The molecular formula is C19H25FN3O5PS2. The number of benzene rings is 1. The summed E-state index contributed by atoms with van der Waals surface area (Å²) in [7, 11) is -8.77. The van der Waals surface area contributed by atoms with Crippen LogP contribution < -0.4 is 14.1 Å².